The molecule has 2 aromatic carbocycles. The maximum atomic E-state index is 12.2. The smallest absolute Gasteiger partial charge is 0.251 e. The molecule has 23 heavy (non-hydrogen) atoms. The molecule has 0 aliphatic heterocycles. The molecule has 0 aliphatic rings. The van der Waals surface area contributed by atoms with Crippen molar-refractivity contribution in [3.8, 4) is 5.75 Å². The number of nitrogens with one attached hydrogen (secondary N) is 1. The van der Waals surface area contributed by atoms with Crippen molar-refractivity contribution in [1.82, 2.24) is 5.32 Å². The molecule has 0 aromatic heterocycles. The predicted octanol–water partition coefficient (Wildman–Crippen LogP) is 3.39. The van der Waals surface area contributed by atoms with Gasteiger partial charge >= 0.3 is 0 Å². The zero-order valence-corrected chi connectivity index (χ0v) is 13.8. The molecule has 5 heteroatoms. The lowest BCUT2D eigenvalue weighted by atomic mass is 10.1. The average molecular weight is 333 g/mol. The first kappa shape index (κ1) is 17.3. The van der Waals surface area contributed by atoms with Gasteiger partial charge in [-0.05, 0) is 36.2 Å². The molecule has 0 saturated heterocycles. The van der Waals surface area contributed by atoms with E-state index in [2.05, 4.69) is 5.32 Å². The Morgan fingerprint density at radius 2 is 1.91 bits per heavy atom. The molecule has 3 N–H and O–H groups in total. The molecule has 1 atom stereocenters. The van der Waals surface area contributed by atoms with Crippen LogP contribution in [-0.4, -0.2) is 18.6 Å². The number of hydrogen-bond donors (Lipinski definition) is 2. The number of amides is 1. The molecular formula is C18H21ClN2O2. The second kappa shape index (κ2) is 8.56. The number of hydrogen-bond acceptors (Lipinski definition) is 3. The van der Waals surface area contributed by atoms with Gasteiger partial charge in [-0.1, -0.05) is 42.8 Å². The van der Waals surface area contributed by atoms with Gasteiger partial charge in [-0.2, -0.15) is 0 Å². The van der Waals surface area contributed by atoms with Crippen molar-refractivity contribution in [3.05, 3.63) is 64.7 Å². The summed E-state index contributed by atoms with van der Waals surface area (Å²) in [7, 11) is 0. The lowest BCUT2D eigenvalue weighted by molar-refractivity contribution is 0.0926. The van der Waals surface area contributed by atoms with Crippen LogP contribution in [0, 0.1) is 0 Å². The molecule has 0 aliphatic carbocycles. The van der Waals surface area contributed by atoms with Crippen LogP contribution in [0.5, 0.6) is 5.75 Å². The van der Waals surface area contributed by atoms with Gasteiger partial charge in [0.2, 0.25) is 0 Å². The fourth-order valence-corrected chi connectivity index (χ4v) is 2.27. The van der Waals surface area contributed by atoms with Gasteiger partial charge in [0.15, 0.2) is 0 Å². The monoisotopic (exact) mass is 332 g/mol. The summed E-state index contributed by atoms with van der Waals surface area (Å²) in [6.45, 7) is 2.88. The van der Waals surface area contributed by atoms with E-state index < -0.39 is 0 Å². The van der Waals surface area contributed by atoms with Gasteiger partial charge in [-0.15, -0.1) is 0 Å². The summed E-state index contributed by atoms with van der Waals surface area (Å²) >= 11 is 6.09. The molecule has 0 heterocycles. The molecule has 2 rings (SSSR count). The zero-order valence-electron chi connectivity index (χ0n) is 13.1. The molecule has 4 nitrogen and oxygen atoms in total. The first-order chi connectivity index (χ1) is 11.1. The highest BCUT2D eigenvalue weighted by Gasteiger charge is 2.13. The number of para-hydroxylation sites is 1. The molecule has 1 unspecified atom stereocenters. The van der Waals surface area contributed by atoms with E-state index in [1.807, 2.05) is 37.3 Å². The Kier molecular flexibility index (Phi) is 6.44. The van der Waals surface area contributed by atoms with E-state index in [0.717, 1.165) is 12.0 Å². The van der Waals surface area contributed by atoms with Crippen LogP contribution in [0.2, 0.25) is 5.02 Å². The highest BCUT2D eigenvalue weighted by Crippen LogP contribution is 2.24. The van der Waals surface area contributed by atoms with E-state index in [1.54, 1.807) is 18.2 Å². The van der Waals surface area contributed by atoms with E-state index >= 15 is 0 Å². The normalized spacial score (nSPS) is 11.8. The molecule has 0 fully saturated rings. The quantitative estimate of drug-likeness (QED) is 0.817. The summed E-state index contributed by atoms with van der Waals surface area (Å²) in [5, 5.41) is 3.45. The van der Waals surface area contributed by atoms with Crippen LogP contribution in [0.3, 0.4) is 0 Å². The number of halogens is 1. The van der Waals surface area contributed by atoms with Crippen molar-refractivity contribution in [2.24, 2.45) is 5.73 Å². The lowest BCUT2D eigenvalue weighted by Crippen LogP contribution is -2.35. The molecular weight excluding hydrogens is 312 g/mol. The summed E-state index contributed by atoms with van der Waals surface area (Å²) in [4.78, 5) is 12.2. The number of benzene rings is 2. The third kappa shape index (κ3) is 4.98. The third-order valence-corrected chi connectivity index (χ3v) is 3.84. The fraction of sp³-hybridized carbons (Fsp3) is 0.278. The number of ether oxygens (including phenoxy) is 1. The largest absolute Gasteiger partial charge is 0.487 e. The molecule has 122 valence electrons. The minimum atomic E-state index is -0.137. The summed E-state index contributed by atoms with van der Waals surface area (Å²) in [5.41, 5.74) is 7.15. The van der Waals surface area contributed by atoms with Gasteiger partial charge in [0.05, 0.1) is 11.6 Å². The molecule has 0 bridgehead atoms. The average Bonchev–Trinajstić information content (AvgIpc) is 2.60. The second-order valence-electron chi connectivity index (χ2n) is 5.19. The fourth-order valence-electron chi connectivity index (χ4n) is 2.09. The number of nitrogens with two attached hydrogens (primary N) is 1. The second-order valence-corrected chi connectivity index (χ2v) is 5.60. The first-order valence-corrected chi connectivity index (χ1v) is 8.00. The Labute approximate surface area is 141 Å². The Morgan fingerprint density at radius 1 is 1.22 bits per heavy atom. The Morgan fingerprint density at radius 3 is 2.52 bits per heavy atom. The lowest BCUT2D eigenvalue weighted by Gasteiger charge is -2.19. The van der Waals surface area contributed by atoms with Crippen molar-refractivity contribution in [1.29, 1.82) is 0 Å². The summed E-state index contributed by atoms with van der Waals surface area (Å²) in [5.74, 6) is 0.498. The van der Waals surface area contributed by atoms with Gasteiger partial charge < -0.3 is 15.8 Å². The molecule has 0 radical (unpaired) electrons. The van der Waals surface area contributed by atoms with Crippen LogP contribution in [0.25, 0.3) is 0 Å². The van der Waals surface area contributed by atoms with Crippen molar-refractivity contribution < 1.29 is 9.53 Å². The number of carbonyl (C=O) groups excluding carboxylic acids is 1. The molecule has 0 saturated carbocycles. The van der Waals surface area contributed by atoms with Gasteiger partial charge in [0.1, 0.15) is 11.9 Å². The summed E-state index contributed by atoms with van der Waals surface area (Å²) in [6, 6.07) is 14.6. The van der Waals surface area contributed by atoms with Crippen LogP contribution in [0.1, 0.15) is 29.3 Å². The Hall–Kier alpha value is -2.04. The first-order valence-electron chi connectivity index (χ1n) is 7.62. The van der Waals surface area contributed by atoms with Gasteiger partial charge in [-0.3, -0.25) is 4.79 Å². The van der Waals surface area contributed by atoms with E-state index in [1.165, 1.54) is 0 Å². The van der Waals surface area contributed by atoms with Crippen molar-refractivity contribution in [2.45, 2.75) is 26.0 Å². The van der Waals surface area contributed by atoms with Crippen LogP contribution in [-0.2, 0) is 6.54 Å². The molecule has 1 amide bonds. The topological polar surface area (TPSA) is 64.4 Å². The Bertz CT molecular complexity index is 644. The van der Waals surface area contributed by atoms with E-state index in [4.69, 9.17) is 22.1 Å². The minimum absolute atomic E-state index is 0.130. The maximum absolute atomic E-state index is 12.2. The highest BCUT2D eigenvalue weighted by atomic mass is 35.5. The SMILES string of the molecule is CCC(CNC(=O)c1ccc(CN)cc1)Oc1ccccc1Cl. The molecule has 2 aromatic rings. The minimum Gasteiger partial charge on any atom is -0.487 e. The van der Waals surface area contributed by atoms with Crippen LogP contribution in [0.4, 0.5) is 0 Å². The summed E-state index contributed by atoms with van der Waals surface area (Å²) < 4.78 is 5.85. The number of carbonyl (C=O) groups is 1. The van der Waals surface area contributed by atoms with Gasteiger partial charge in [-0.25, -0.2) is 0 Å². The zero-order chi connectivity index (χ0) is 16.7. The van der Waals surface area contributed by atoms with E-state index in [9.17, 15) is 4.79 Å². The van der Waals surface area contributed by atoms with Crippen LogP contribution >= 0.6 is 11.6 Å². The van der Waals surface area contributed by atoms with Crippen molar-refractivity contribution >= 4 is 17.5 Å². The van der Waals surface area contributed by atoms with E-state index in [-0.39, 0.29) is 12.0 Å². The van der Waals surface area contributed by atoms with Gasteiger partial charge in [0, 0.05) is 12.1 Å². The Balaban J connectivity index is 1.91. The molecule has 0 spiro atoms. The van der Waals surface area contributed by atoms with Crippen LogP contribution in [0.15, 0.2) is 48.5 Å². The highest BCUT2D eigenvalue weighted by molar-refractivity contribution is 6.32. The van der Waals surface area contributed by atoms with Crippen molar-refractivity contribution in [3.63, 3.8) is 0 Å². The standard InChI is InChI=1S/C18H21ClN2O2/c1-2-15(23-17-6-4-3-5-16(17)19)12-21-18(22)14-9-7-13(11-20)8-10-14/h3-10,15H,2,11-12,20H2,1H3,(H,21,22). The van der Waals surface area contributed by atoms with E-state index in [0.29, 0.717) is 29.4 Å². The maximum Gasteiger partial charge on any atom is 0.251 e. The van der Waals surface area contributed by atoms with Crippen molar-refractivity contribution in [2.75, 3.05) is 6.54 Å². The number of rotatable bonds is 7. The summed E-state index contributed by atoms with van der Waals surface area (Å²) in [6.07, 6.45) is 0.625. The predicted molar refractivity (Wildman–Crippen MR) is 92.8 cm³/mol. The third-order valence-electron chi connectivity index (χ3n) is 3.53. The van der Waals surface area contributed by atoms with Crippen LogP contribution < -0.4 is 15.8 Å². The van der Waals surface area contributed by atoms with Gasteiger partial charge in [0.25, 0.3) is 5.91 Å².